The molecule has 2 saturated heterocycles. The minimum atomic E-state index is -0.506. The van der Waals surface area contributed by atoms with Crippen molar-refractivity contribution in [1.29, 1.82) is 0 Å². The second-order valence-electron chi connectivity index (χ2n) is 11.6. The van der Waals surface area contributed by atoms with E-state index in [2.05, 4.69) is 37.7 Å². The Kier molecular flexibility index (Phi) is 12.0. The minimum absolute atomic E-state index is 0.271. The van der Waals surface area contributed by atoms with Gasteiger partial charge in [0.15, 0.2) is 16.6 Å². The van der Waals surface area contributed by atoms with Gasteiger partial charge in [0.1, 0.15) is 6.61 Å². The fraction of sp³-hybridized carbons (Fsp3) is 0.455. The molecular weight excluding hydrogens is 704 g/mol. The number of rotatable bonds is 12. The van der Waals surface area contributed by atoms with E-state index in [1.165, 1.54) is 4.90 Å². The van der Waals surface area contributed by atoms with E-state index in [9.17, 15) is 4.79 Å². The summed E-state index contributed by atoms with van der Waals surface area (Å²) >= 11 is 12.0. The molecular formula is C33H40BrClN8O3S. The first-order valence-corrected chi connectivity index (χ1v) is 18.1. The number of hydrogen-bond donors (Lipinski definition) is 0. The van der Waals surface area contributed by atoms with Gasteiger partial charge < -0.3 is 14.4 Å². The van der Waals surface area contributed by atoms with Crippen LogP contribution in [0, 0.1) is 0 Å². The van der Waals surface area contributed by atoms with Gasteiger partial charge in [-0.25, -0.2) is 24.3 Å². The molecule has 0 radical (unpaired) electrons. The molecule has 4 aromatic rings. The first-order valence-electron chi connectivity index (χ1n) is 15.9. The highest BCUT2D eigenvalue weighted by molar-refractivity contribution is 9.10. The number of anilines is 2. The van der Waals surface area contributed by atoms with Crippen molar-refractivity contribution in [2.75, 3.05) is 89.9 Å². The van der Waals surface area contributed by atoms with Crippen LogP contribution in [-0.4, -0.2) is 126 Å². The third-order valence-electron chi connectivity index (χ3n) is 8.38. The summed E-state index contributed by atoms with van der Waals surface area (Å²) in [5, 5.41) is 5.56. The number of likely N-dealkylation sites (N-methyl/N-ethyl adjacent to an activating group) is 1. The summed E-state index contributed by atoms with van der Waals surface area (Å²) in [6.07, 6.45) is 1.21. The number of benzene rings is 2. The van der Waals surface area contributed by atoms with Crippen LogP contribution in [0.15, 0.2) is 70.4 Å². The van der Waals surface area contributed by atoms with Gasteiger partial charge in [-0.15, -0.1) is 11.6 Å². The lowest BCUT2D eigenvalue weighted by Gasteiger charge is -2.32. The fourth-order valence-electron chi connectivity index (χ4n) is 5.63. The van der Waals surface area contributed by atoms with Gasteiger partial charge in [0.25, 0.3) is 0 Å². The molecule has 1 unspecified atom stereocenters. The molecule has 2 aliphatic rings. The van der Waals surface area contributed by atoms with Crippen LogP contribution in [0.2, 0.25) is 0 Å². The smallest absolute Gasteiger partial charge is 0.420 e. The number of carbonyl (C=O) groups is 1. The van der Waals surface area contributed by atoms with Gasteiger partial charge in [-0.05, 0) is 30.8 Å². The molecule has 2 aliphatic heterocycles. The molecule has 0 saturated carbocycles. The standard InChI is InChI=1S/C33H40BrClN8O3S/c1-39-10-12-40(13-11-39)16-20-46-33(44)43(27-9-5-8-26(34)22-27)31-28-23-36-42(24-29(35)25-6-3-2-4-7-25)30(28)37-32(38-31)47-21-17-41-14-18-45-19-15-41/h2-9,22-23,29H,10-21,24H2,1H3. The Morgan fingerprint density at radius 1 is 1.02 bits per heavy atom. The molecule has 250 valence electrons. The number of amides is 1. The molecule has 1 atom stereocenters. The highest BCUT2D eigenvalue weighted by atomic mass is 79.9. The van der Waals surface area contributed by atoms with Crippen molar-refractivity contribution >= 4 is 67.9 Å². The van der Waals surface area contributed by atoms with E-state index >= 15 is 0 Å². The van der Waals surface area contributed by atoms with Crippen LogP contribution in [0.25, 0.3) is 11.0 Å². The number of alkyl halides is 1. The number of thioether (sulfide) groups is 1. The van der Waals surface area contributed by atoms with E-state index < -0.39 is 6.09 Å². The summed E-state index contributed by atoms with van der Waals surface area (Å²) in [7, 11) is 2.13. The third-order valence-corrected chi connectivity index (χ3v) is 10.1. The highest BCUT2D eigenvalue weighted by Gasteiger charge is 2.27. The molecule has 0 aliphatic carbocycles. The monoisotopic (exact) mass is 742 g/mol. The predicted molar refractivity (Wildman–Crippen MR) is 190 cm³/mol. The number of aromatic nitrogens is 4. The minimum Gasteiger partial charge on any atom is -0.448 e. The molecule has 11 nitrogen and oxygen atoms in total. The summed E-state index contributed by atoms with van der Waals surface area (Å²) in [4.78, 5) is 32.5. The maximum absolute atomic E-state index is 14.0. The topological polar surface area (TPSA) is 92.1 Å². The van der Waals surface area contributed by atoms with Crippen molar-refractivity contribution in [3.05, 3.63) is 70.8 Å². The average Bonchev–Trinajstić information content (AvgIpc) is 3.49. The average molecular weight is 744 g/mol. The highest BCUT2D eigenvalue weighted by Crippen LogP contribution is 2.35. The number of nitrogens with zero attached hydrogens (tertiary/aromatic N) is 8. The molecule has 0 N–H and O–H groups in total. The van der Waals surface area contributed by atoms with Crippen LogP contribution >= 0.6 is 39.3 Å². The first kappa shape index (κ1) is 34.1. The lowest BCUT2D eigenvalue weighted by Crippen LogP contribution is -2.45. The van der Waals surface area contributed by atoms with Crippen LogP contribution in [0.1, 0.15) is 10.9 Å². The molecule has 0 spiro atoms. The lowest BCUT2D eigenvalue weighted by atomic mass is 10.1. The zero-order valence-electron chi connectivity index (χ0n) is 26.5. The Balaban J connectivity index is 1.31. The van der Waals surface area contributed by atoms with E-state index in [1.54, 1.807) is 22.6 Å². The van der Waals surface area contributed by atoms with Crippen LogP contribution in [0.4, 0.5) is 16.3 Å². The number of halogens is 2. The summed E-state index contributed by atoms with van der Waals surface area (Å²) < 4.78 is 14.1. The number of carbonyl (C=O) groups excluding carboxylic acids is 1. The van der Waals surface area contributed by atoms with Crippen molar-refractivity contribution in [1.82, 2.24) is 34.4 Å². The van der Waals surface area contributed by atoms with E-state index in [1.807, 2.05) is 54.6 Å². The van der Waals surface area contributed by atoms with Gasteiger partial charge in [-0.3, -0.25) is 9.80 Å². The summed E-state index contributed by atoms with van der Waals surface area (Å²) in [5.41, 5.74) is 2.23. The number of fused-ring (bicyclic) bond motifs is 1. The molecule has 2 aromatic heterocycles. The summed E-state index contributed by atoms with van der Waals surface area (Å²) in [6, 6.07) is 17.5. The second-order valence-corrected chi connectivity index (χ2v) is 14.2. The molecule has 0 bridgehead atoms. The first-order chi connectivity index (χ1) is 22.9. The third kappa shape index (κ3) is 9.02. The van der Waals surface area contributed by atoms with E-state index in [0.717, 1.165) is 74.8 Å². The number of hydrogen-bond acceptors (Lipinski definition) is 10. The number of morpholine rings is 1. The SMILES string of the molecule is CN1CCN(CCOC(=O)N(c2cccc(Br)c2)c2nc(SCCN3CCOCC3)nc3c2cnn3CC(Cl)c2ccccc2)CC1. The van der Waals surface area contributed by atoms with Crippen molar-refractivity contribution in [2.45, 2.75) is 17.1 Å². The second kappa shape index (κ2) is 16.6. The fourth-order valence-corrected chi connectivity index (χ4v) is 7.12. The van der Waals surface area contributed by atoms with Crippen LogP contribution in [-0.2, 0) is 16.0 Å². The van der Waals surface area contributed by atoms with Gasteiger partial charge in [0, 0.05) is 62.6 Å². The van der Waals surface area contributed by atoms with Gasteiger partial charge in [0.2, 0.25) is 0 Å². The van der Waals surface area contributed by atoms with Crippen LogP contribution in [0.3, 0.4) is 0 Å². The Bertz CT molecular complexity index is 1620. The Morgan fingerprint density at radius 2 is 1.79 bits per heavy atom. The van der Waals surface area contributed by atoms with Crippen molar-refractivity contribution in [3.8, 4) is 0 Å². The summed E-state index contributed by atoms with van der Waals surface area (Å²) in [6.45, 7) is 9.43. The van der Waals surface area contributed by atoms with Gasteiger partial charge in [-0.1, -0.05) is 64.1 Å². The molecule has 2 aromatic carbocycles. The van der Waals surface area contributed by atoms with Gasteiger partial charge in [0.05, 0.1) is 42.4 Å². The quantitative estimate of drug-likeness (QED) is 0.105. The normalized spacial score (nSPS) is 17.2. The maximum Gasteiger partial charge on any atom is 0.420 e. The van der Waals surface area contributed by atoms with Crippen molar-refractivity contribution in [3.63, 3.8) is 0 Å². The van der Waals surface area contributed by atoms with Crippen LogP contribution < -0.4 is 4.90 Å². The van der Waals surface area contributed by atoms with Gasteiger partial charge in [-0.2, -0.15) is 5.10 Å². The Hall–Kier alpha value is -2.78. The molecule has 6 rings (SSSR count). The summed E-state index contributed by atoms with van der Waals surface area (Å²) in [5.74, 6) is 1.21. The molecule has 4 heterocycles. The van der Waals surface area contributed by atoms with E-state index in [-0.39, 0.29) is 12.0 Å². The lowest BCUT2D eigenvalue weighted by molar-refractivity contribution is 0.0410. The molecule has 2 fully saturated rings. The Morgan fingerprint density at radius 3 is 2.55 bits per heavy atom. The number of ether oxygens (including phenoxy) is 2. The van der Waals surface area contributed by atoms with Crippen molar-refractivity contribution in [2.24, 2.45) is 0 Å². The Labute approximate surface area is 293 Å². The zero-order valence-corrected chi connectivity index (χ0v) is 29.7. The zero-order chi connectivity index (χ0) is 32.6. The van der Waals surface area contributed by atoms with Crippen LogP contribution in [0.5, 0.6) is 0 Å². The van der Waals surface area contributed by atoms with Gasteiger partial charge >= 0.3 is 6.09 Å². The van der Waals surface area contributed by atoms with E-state index in [0.29, 0.717) is 40.8 Å². The molecule has 47 heavy (non-hydrogen) atoms. The number of piperazine rings is 1. The molecule has 1 amide bonds. The maximum atomic E-state index is 14.0. The van der Waals surface area contributed by atoms with E-state index in [4.69, 9.17) is 36.1 Å². The molecule has 14 heteroatoms. The van der Waals surface area contributed by atoms with Crippen molar-refractivity contribution < 1.29 is 14.3 Å². The predicted octanol–water partition coefficient (Wildman–Crippen LogP) is 5.52. The largest absolute Gasteiger partial charge is 0.448 e.